The number of carbonyl (C=O) groups excluding carboxylic acids is 1. The second-order valence-electron chi connectivity index (χ2n) is 7.42. The van der Waals surface area contributed by atoms with Crippen LogP contribution in [0.4, 0.5) is 10.1 Å². The second kappa shape index (κ2) is 8.74. The molecule has 0 atom stereocenters. The van der Waals surface area contributed by atoms with Crippen molar-refractivity contribution in [2.45, 2.75) is 45.4 Å². The molecule has 28 heavy (non-hydrogen) atoms. The van der Waals surface area contributed by atoms with Crippen molar-refractivity contribution in [3.63, 3.8) is 0 Å². The van der Waals surface area contributed by atoms with Gasteiger partial charge >= 0.3 is 0 Å². The van der Waals surface area contributed by atoms with Gasteiger partial charge < -0.3 is 14.8 Å². The molecule has 1 saturated heterocycles. The molecule has 0 bridgehead atoms. The molecular formula is C23H28FNO3. The van der Waals surface area contributed by atoms with Crippen LogP contribution in [0.3, 0.4) is 0 Å². The fourth-order valence-corrected chi connectivity index (χ4v) is 3.89. The number of nitrogens with one attached hydrogen (secondary N) is 1. The standard InChI is InChI=1S/C23H28FNO3/c1-4-11-28-21-16(2)14-18(15-17(21)3)25-22(26)23(9-12-27-13-10-23)19-7-5-6-8-20(19)24/h5-8,14-15H,4,9-13H2,1-3H3,(H,25,26). The number of aryl methyl sites for hydroxylation is 2. The maximum absolute atomic E-state index is 14.6. The average molecular weight is 385 g/mol. The summed E-state index contributed by atoms with van der Waals surface area (Å²) in [7, 11) is 0. The minimum absolute atomic E-state index is 0.193. The molecule has 0 aliphatic carbocycles. The van der Waals surface area contributed by atoms with Gasteiger partial charge in [-0.1, -0.05) is 25.1 Å². The molecule has 4 nitrogen and oxygen atoms in total. The molecule has 0 spiro atoms. The predicted molar refractivity (Wildman–Crippen MR) is 108 cm³/mol. The molecule has 1 aliphatic heterocycles. The van der Waals surface area contributed by atoms with Gasteiger partial charge in [-0.3, -0.25) is 4.79 Å². The van der Waals surface area contributed by atoms with Crippen LogP contribution in [0.25, 0.3) is 0 Å². The van der Waals surface area contributed by atoms with Crippen LogP contribution in [0.1, 0.15) is 42.9 Å². The van der Waals surface area contributed by atoms with Gasteiger partial charge in [-0.2, -0.15) is 0 Å². The zero-order chi connectivity index (χ0) is 20.1. The van der Waals surface area contributed by atoms with E-state index in [0.29, 0.717) is 43.9 Å². The van der Waals surface area contributed by atoms with Gasteiger partial charge in [-0.05, 0) is 62.4 Å². The molecule has 1 fully saturated rings. The molecule has 0 unspecified atom stereocenters. The van der Waals surface area contributed by atoms with Gasteiger partial charge in [0.15, 0.2) is 0 Å². The van der Waals surface area contributed by atoms with Gasteiger partial charge in [0.25, 0.3) is 0 Å². The number of hydrogen-bond acceptors (Lipinski definition) is 3. The molecule has 2 aromatic rings. The molecule has 0 radical (unpaired) electrons. The first kappa shape index (κ1) is 20.3. The van der Waals surface area contributed by atoms with Crippen LogP contribution in [0.15, 0.2) is 36.4 Å². The zero-order valence-corrected chi connectivity index (χ0v) is 16.8. The van der Waals surface area contributed by atoms with Crippen LogP contribution in [-0.4, -0.2) is 25.7 Å². The zero-order valence-electron chi connectivity index (χ0n) is 16.8. The van der Waals surface area contributed by atoms with Crippen molar-refractivity contribution in [1.29, 1.82) is 0 Å². The number of ether oxygens (including phenoxy) is 2. The van der Waals surface area contributed by atoms with E-state index >= 15 is 0 Å². The molecule has 2 aromatic carbocycles. The molecule has 5 heteroatoms. The highest BCUT2D eigenvalue weighted by Crippen LogP contribution is 2.38. The molecular weight excluding hydrogens is 357 g/mol. The van der Waals surface area contributed by atoms with Gasteiger partial charge in [0.1, 0.15) is 11.6 Å². The van der Waals surface area contributed by atoms with E-state index in [2.05, 4.69) is 12.2 Å². The smallest absolute Gasteiger partial charge is 0.235 e. The summed E-state index contributed by atoms with van der Waals surface area (Å²) >= 11 is 0. The summed E-state index contributed by atoms with van der Waals surface area (Å²) in [6.07, 6.45) is 1.84. The Kier molecular flexibility index (Phi) is 6.35. The Morgan fingerprint density at radius 1 is 1.18 bits per heavy atom. The monoisotopic (exact) mass is 385 g/mol. The van der Waals surface area contributed by atoms with Crippen molar-refractivity contribution in [3.05, 3.63) is 58.9 Å². The summed E-state index contributed by atoms with van der Waals surface area (Å²) in [5.41, 5.74) is 2.15. The summed E-state index contributed by atoms with van der Waals surface area (Å²) < 4.78 is 25.9. The van der Waals surface area contributed by atoms with E-state index in [1.54, 1.807) is 18.2 Å². The lowest BCUT2D eigenvalue weighted by molar-refractivity contribution is -0.125. The number of amides is 1. The van der Waals surface area contributed by atoms with E-state index in [9.17, 15) is 9.18 Å². The number of rotatable bonds is 6. The topological polar surface area (TPSA) is 47.6 Å². The number of benzene rings is 2. The van der Waals surface area contributed by atoms with Gasteiger partial charge in [0, 0.05) is 24.5 Å². The molecule has 0 aromatic heterocycles. The summed E-state index contributed by atoms with van der Waals surface area (Å²) in [6.45, 7) is 7.52. The third kappa shape index (κ3) is 4.04. The maximum Gasteiger partial charge on any atom is 0.235 e. The SMILES string of the molecule is CCCOc1c(C)cc(NC(=O)C2(c3ccccc3F)CCOCC2)cc1C. The highest BCUT2D eigenvalue weighted by Gasteiger charge is 2.43. The fraction of sp³-hybridized carbons (Fsp3) is 0.435. The minimum atomic E-state index is -0.928. The number of carbonyl (C=O) groups is 1. The normalized spacial score (nSPS) is 15.9. The van der Waals surface area contributed by atoms with E-state index in [4.69, 9.17) is 9.47 Å². The largest absolute Gasteiger partial charge is 0.493 e. The predicted octanol–water partition coefficient (Wildman–Crippen LogP) is 4.92. The Labute approximate surface area is 166 Å². The van der Waals surface area contributed by atoms with Crippen LogP contribution < -0.4 is 10.1 Å². The Morgan fingerprint density at radius 2 is 1.82 bits per heavy atom. The van der Waals surface area contributed by atoms with Gasteiger partial charge in [-0.25, -0.2) is 4.39 Å². The first-order chi connectivity index (χ1) is 13.5. The summed E-state index contributed by atoms with van der Waals surface area (Å²) in [4.78, 5) is 13.4. The molecule has 1 N–H and O–H groups in total. The van der Waals surface area contributed by atoms with Gasteiger partial charge in [0.05, 0.1) is 12.0 Å². The van der Waals surface area contributed by atoms with Gasteiger partial charge in [0.2, 0.25) is 5.91 Å². The van der Waals surface area contributed by atoms with Crippen molar-refractivity contribution < 1.29 is 18.7 Å². The fourth-order valence-electron chi connectivity index (χ4n) is 3.89. The second-order valence-corrected chi connectivity index (χ2v) is 7.42. The lowest BCUT2D eigenvalue weighted by Crippen LogP contribution is -2.45. The Bertz CT molecular complexity index is 820. The number of halogens is 1. The quantitative estimate of drug-likeness (QED) is 0.768. The van der Waals surface area contributed by atoms with E-state index < -0.39 is 5.41 Å². The van der Waals surface area contributed by atoms with E-state index in [1.807, 2.05) is 26.0 Å². The molecule has 0 saturated carbocycles. The average Bonchev–Trinajstić information content (AvgIpc) is 2.68. The highest BCUT2D eigenvalue weighted by atomic mass is 19.1. The first-order valence-electron chi connectivity index (χ1n) is 9.86. The molecule has 1 amide bonds. The highest BCUT2D eigenvalue weighted by molar-refractivity contribution is 5.99. The van der Waals surface area contributed by atoms with Crippen LogP contribution >= 0.6 is 0 Å². The van der Waals surface area contributed by atoms with Gasteiger partial charge in [-0.15, -0.1) is 0 Å². The van der Waals surface area contributed by atoms with Crippen LogP contribution in [0, 0.1) is 19.7 Å². The number of hydrogen-bond donors (Lipinski definition) is 1. The Hall–Kier alpha value is -2.40. The third-order valence-electron chi connectivity index (χ3n) is 5.34. The summed E-state index contributed by atoms with van der Waals surface area (Å²) in [5.74, 6) is 0.312. The molecule has 3 rings (SSSR count). The minimum Gasteiger partial charge on any atom is -0.493 e. The van der Waals surface area contributed by atoms with Crippen molar-refractivity contribution in [3.8, 4) is 5.75 Å². The molecule has 1 heterocycles. The summed E-state index contributed by atoms with van der Waals surface area (Å²) in [5, 5.41) is 3.03. The number of anilines is 1. The van der Waals surface area contributed by atoms with Crippen molar-refractivity contribution in [1.82, 2.24) is 0 Å². The molecule has 150 valence electrons. The van der Waals surface area contributed by atoms with Crippen molar-refractivity contribution in [2.75, 3.05) is 25.1 Å². The van der Waals surface area contributed by atoms with Crippen molar-refractivity contribution in [2.24, 2.45) is 0 Å². The first-order valence-corrected chi connectivity index (χ1v) is 9.86. The Balaban J connectivity index is 1.90. The van der Waals surface area contributed by atoms with Crippen LogP contribution in [0.5, 0.6) is 5.75 Å². The van der Waals surface area contributed by atoms with Crippen LogP contribution in [0.2, 0.25) is 0 Å². The Morgan fingerprint density at radius 3 is 2.43 bits per heavy atom. The molecule has 1 aliphatic rings. The van der Waals surface area contributed by atoms with E-state index in [-0.39, 0.29) is 11.7 Å². The summed E-state index contributed by atoms with van der Waals surface area (Å²) in [6, 6.07) is 10.4. The lowest BCUT2D eigenvalue weighted by atomic mass is 9.73. The van der Waals surface area contributed by atoms with E-state index in [0.717, 1.165) is 23.3 Å². The van der Waals surface area contributed by atoms with E-state index in [1.165, 1.54) is 6.07 Å². The van der Waals surface area contributed by atoms with Crippen molar-refractivity contribution >= 4 is 11.6 Å². The van der Waals surface area contributed by atoms with Crippen LogP contribution in [-0.2, 0) is 14.9 Å². The maximum atomic E-state index is 14.6. The third-order valence-corrected chi connectivity index (χ3v) is 5.34. The lowest BCUT2D eigenvalue weighted by Gasteiger charge is -2.36.